The number of amides is 1. The fraction of sp³-hybridized carbons (Fsp3) is 0.577. The summed E-state index contributed by atoms with van der Waals surface area (Å²) < 4.78 is 21.4. The Labute approximate surface area is 200 Å². The maximum absolute atomic E-state index is 14.9. The Morgan fingerprint density at radius 1 is 1.18 bits per heavy atom. The van der Waals surface area contributed by atoms with Crippen molar-refractivity contribution in [3.63, 3.8) is 0 Å². The average molecular weight is 469 g/mol. The summed E-state index contributed by atoms with van der Waals surface area (Å²) in [5.41, 5.74) is -0.820. The predicted octanol–water partition coefficient (Wildman–Crippen LogP) is 3.67. The number of aliphatic hydroxyl groups is 1. The molecule has 2 aromatic rings. The molecule has 1 unspecified atom stereocenters. The number of hydrogen-bond donors (Lipinski definition) is 1. The highest BCUT2D eigenvalue weighted by Crippen LogP contribution is 2.40. The number of benzene rings is 1. The number of nitrogens with zero attached hydrogens (tertiary/aromatic N) is 4. The van der Waals surface area contributed by atoms with E-state index in [0.29, 0.717) is 62.4 Å². The number of aromatic nitrogens is 2. The maximum atomic E-state index is 14.9. The van der Waals surface area contributed by atoms with Crippen molar-refractivity contribution in [3.05, 3.63) is 53.6 Å². The minimum Gasteiger partial charge on any atom is -0.385 e. The van der Waals surface area contributed by atoms with Crippen LogP contribution in [-0.4, -0.2) is 63.8 Å². The summed E-state index contributed by atoms with van der Waals surface area (Å²) in [7, 11) is 0. The molecule has 5 rings (SSSR count). The van der Waals surface area contributed by atoms with Crippen molar-refractivity contribution in [1.29, 1.82) is 0 Å². The molecule has 1 amide bonds. The number of morpholine rings is 1. The molecule has 34 heavy (non-hydrogen) atoms. The summed E-state index contributed by atoms with van der Waals surface area (Å²) in [6, 6.07) is 6.34. The average Bonchev–Trinajstić information content (AvgIpc) is 3.31. The van der Waals surface area contributed by atoms with E-state index >= 15 is 0 Å². The third kappa shape index (κ3) is 4.41. The van der Waals surface area contributed by atoms with Gasteiger partial charge in [0.15, 0.2) is 0 Å². The number of piperidine rings is 1. The van der Waals surface area contributed by atoms with Gasteiger partial charge in [-0.3, -0.25) is 4.79 Å². The number of rotatable bonds is 4. The van der Waals surface area contributed by atoms with Gasteiger partial charge in [-0.2, -0.15) is 0 Å². The van der Waals surface area contributed by atoms with Gasteiger partial charge in [-0.05, 0) is 50.3 Å². The van der Waals surface area contributed by atoms with E-state index in [1.165, 1.54) is 6.07 Å². The summed E-state index contributed by atoms with van der Waals surface area (Å²) in [6.07, 6.45) is 8.81. The van der Waals surface area contributed by atoms with E-state index in [1.807, 2.05) is 6.07 Å². The summed E-state index contributed by atoms with van der Waals surface area (Å²) in [5.74, 6) is 0.0371. The van der Waals surface area contributed by atoms with Crippen molar-refractivity contribution in [3.8, 4) is 0 Å². The minimum absolute atomic E-state index is 0.0860. The van der Waals surface area contributed by atoms with E-state index in [4.69, 9.17) is 4.74 Å². The van der Waals surface area contributed by atoms with Gasteiger partial charge in [0.1, 0.15) is 5.82 Å². The summed E-state index contributed by atoms with van der Waals surface area (Å²) in [5, 5.41) is 10.7. The van der Waals surface area contributed by atoms with Crippen LogP contribution in [0.1, 0.15) is 67.8 Å². The monoisotopic (exact) mass is 468 g/mol. The van der Waals surface area contributed by atoms with Crippen molar-refractivity contribution in [2.24, 2.45) is 0 Å². The highest BCUT2D eigenvalue weighted by atomic mass is 19.1. The molecule has 0 radical (unpaired) electrons. The molecule has 1 N–H and O–H groups in total. The van der Waals surface area contributed by atoms with Gasteiger partial charge in [0.05, 0.1) is 23.9 Å². The Balaban J connectivity index is 1.27. The number of anilines is 1. The zero-order chi connectivity index (χ0) is 23.8. The van der Waals surface area contributed by atoms with Gasteiger partial charge in [0, 0.05) is 43.2 Å². The number of hydrogen-bond acceptors (Lipinski definition) is 6. The molecule has 2 aliphatic heterocycles. The largest absolute Gasteiger partial charge is 0.385 e. The Kier molecular flexibility index (Phi) is 6.29. The second kappa shape index (κ2) is 9.23. The van der Waals surface area contributed by atoms with E-state index < -0.39 is 11.4 Å². The Hall–Kier alpha value is -2.58. The lowest BCUT2D eigenvalue weighted by molar-refractivity contribution is -0.130. The topological polar surface area (TPSA) is 78.8 Å². The number of likely N-dealkylation sites (tertiary alicyclic amines) is 1. The number of carbonyl (C=O) groups excluding carboxylic acids is 1. The van der Waals surface area contributed by atoms with Gasteiger partial charge >= 0.3 is 0 Å². The Morgan fingerprint density at radius 3 is 2.53 bits per heavy atom. The molecule has 182 valence electrons. The van der Waals surface area contributed by atoms with Crippen LogP contribution < -0.4 is 4.90 Å². The molecule has 1 aromatic heterocycles. The van der Waals surface area contributed by atoms with Crippen LogP contribution in [0.25, 0.3) is 0 Å². The summed E-state index contributed by atoms with van der Waals surface area (Å²) in [6.45, 7) is 4.66. The molecular formula is C26H33FN4O3. The molecular weight excluding hydrogens is 435 g/mol. The first-order chi connectivity index (χ1) is 16.4. The molecule has 1 atom stereocenters. The molecule has 0 bridgehead atoms. The highest BCUT2D eigenvalue weighted by Gasteiger charge is 2.44. The molecule has 3 heterocycles. The maximum Gasteiger partial charge on any atom is 0.253 e. The van der Waals surface area contributed by atoms with Crippen molar-refractivity contribution >= 4 is 11.9 Å². The molecule has 1 saturated carbocycles. The van der Waals surface area contributed by atoms with Gasteiger partial charge in [-0.1, -0.05) is 25.8 Å². The SMILES string of the molecule is CCC1CN(c2ncccn2)CC2(CCN(C(=O)c3ccc(C4(O)CCCC4)c(F)c3)CC2)O1. The van der Waals surface area contributed by atoms with Gasteiger partial charge < -0.3 is 19.6 Å². The van der Waals surface area contributed by atoms with Crippen LogP contribution in [0, 0.1) is 5.82 Å². The van der Waals surface area contributed by atoms with E-state index in [0.717, 1.165) is 25.8 Å². The van der Waals surface area contributed by atoms with Crippen molar-refractivity contribution in [2.75, 3.05) is 31.1 Å². The van der Waals surface area contributed by atoms with Gasteiger partial charge in [-0.15, -0.1) is 0 Å². The first-order valence-electron chi connectivity index (χ1n) is 12.4. The second-order valence-corrected chi connectivity index (χ2v) is 9.99. The molecule has 2 saturated heterocycles. The van der Waals surface area contributed by atoms with Gasteiger partial charge in [0.2, 0.25) is 5.95 Å². The van der Waals surface area contributed by atoms with Crippen LogP contribution in [0.3, 0.4) is 0 Å². The lowest BCUT2D eigenvalue weighted by Crippen LogP contribution is -2.60. The highest BCUT2D eigenvalue weighted by molar-refractivity contribution is 5.94. The van der Waals surface area contributed by atoms with Crippen LogP contribution in [0.15, 0.2) is 36.7 Å². The first-order valence-corrected chi connectivity index (χ1v) is 12.4. The lowest BCUT2D eigenvalue weighted by atomic mass is 9.87. The van der Waals surface area contributed by atoms with E-state index in [1.54, 1.807) is 29.4 Å². The van der Waals surface area contributed by atoms with Crippen LogP contribution in [0.4, 0.5) is 10.3 Å². The molecule has 1 aromatic carbocycles. The summed E-state index contributed by atoms with van der Waals surface area (Å²) >= 11 is 0. The number of halogens is 1. The third-order valence-corrected chi connectivity index (χ3v) is 7.72. The van der Waals surface area contributed by atoms with Crippen LogP contribution in [0.5, 0.6) is 0 Å². The van der Waals surface area contributed by atoms with E-state index in [2.05, 4.69) is 21.8 Å². The number of ether oxygens (including phenoxy) is 1. The minimum atomic E-state index is -1.11. The molecule has 8 heteroatoms. The second-order valence-electron chi connectivity index (χ2n) is 9.99. The van der Waals surface area contributed by atoms with Gasteiger partial charge in [0.25, 0.3) is 5.91 Å². The predicted molar refractivity (Wildman–Crippen MR) is 126 cm³/mol. The molecule has 7 nitrogen and oxygen atoms in total. The standard InChI is InChI=1S/C26H33FN4O3/c1-2-20-17-31(24-28-12-5-13-29-24)18-25(34-20)10-14-30(15-11-25)23(32)19-6-7-21(22(27)16-19)26(33)8-3-4-9-26/h5-7,12-13,16,20,33H,2-4,8-11,14-15,17-18H2,1H3. The zero-order valence-corrected chi connectivity index (χ0v) is 19.8. The first kappa shape index (κ1) is 23.2. The fourth-order valence-electron chi connectivity index (χ4n) is 5.74. The van der Waals surface area contributed by atoms with E-state index in [9.17, 15) is 14.3 Å². The zero-order valence-electron chi connectivity index (χ0n) is 19.8. The van der Waals surface area contributed by atoms with Crippen molar-refractivity contribution in [2.45, 2.75) is 69.2 Å². The van der Waals surface area contributed by atoms with Crippen molar-refractivity contribution < 1.29 is 19.0 Å². The molecule has 1 spiro atoms. The van der Waals surface area contributed by atoms with E-state index in [-0.39, 0.29) is 17.6 Å². The lowest BCUT2D eigenvalue weighted by Gasteiger charge is -2.50. The molecule has 1 aliphatic carbocycles. The normalized spacial score (nSPS) is 23.9. The Bertz CT molecular complexity index is 1020. The summed E-state index contributed by atoms with van der Waals surface area (Å²) in [4.78, 5) is 26.0. The molecule has 3 aliphatic rings. The number of carbonyl (C=O) groups is 1. The van der Waals surface area contributed by atoms with Crippen LogP contribution in [0.2, 0.25) is 0 Å². The van der Waals surface area contributed by atoms with Crippen LogP contribution in [-0.2, 0) is 10.3 Å². The third-order valence-electron chi connectivity index (χ3n) is 7.72. The van der Waals surface area contributed by atoms with Crippen LogP contribution >= 0.6 is 0 Å². The van der Waals surface area contributed by atoms with Crippen molar-refractivity contribution in [1.82, 2.24) is 14.9 Å². The Morgan fingerprint density at radius 2 is 1.88 bits per heavy atom. The smallest absolute Gasteiger partial charge is 0.253 e. The quantitative estimate of drug-likeness (QED) is 0.738. The molecule has 3 fully saturated rings. The fourth-order valence-corrected chi connectivity index (χ4v) is 5.74. The van der Waals surface area contributed by atoms with Gasteiger partial charge in [-0.25, -0.2) is 14.4 Å².